The second kappa shape index (κ2) is 12.0. The molecule has 4 nitrogen and oxygen atoms in total. The molecule has 6 heteroatoms. The Hall–Kier alpha value is -1.98. The van der Waals surface area contributed by atoms with Gasteiger partial charge in [-0.1, -0.05) is 44.9 Å². The Morgan fingerprint density at radius 3 is 2.67 bits per heavy atom. The Labute approximate surface area is 188 Å². The first-order valence-corrected chi connectivity index (χ1v) is 11.7. The lowest BCUT2D eigenvalue weighted by molar-refractivity contribution is -0.108. The van der Waals surface area contributed by atoms with Crippen LogP contribution in [-0.2, 0) is 11.2 Å². The number of carbonyl (C=O) groups excluding carboxylic acids is 2. The summed E-state index contributed by atoms with van der Waals surface area (Å²) in [5.74, 6) is 1.27. The van der Waals surface area contributed by atoms with Gasteiger partial charge >= 0.3 is 0 Å². The number of halogens is 1. The van der Waals surface area contributed by atoms with Crippen LogP contribution in [0.15, 0.2) is 35.2 Å². The number of hydrogen-bond donors (Lipinski definition) is 1. The van der Waals surface area contributed by atoms with Crippen LogP contribution in [0.4, 0.5) is 0 Å². The highest BCUT2D eigenvalue weighted by atomic mass is 35.5. The van der Waals surface area contributed by atoms with Crippen molar-refractivity contribution >= 4 is 35.4 Å². The number of ketones is 1. The molecule has 0 saturated heterocycles. The van der Waals surface area contributed by atoms with E-state index in [1.807, 2.05) is 32.0 Å². The van der Waals surface area contributed by atoms with Crippen LogP contribution in [-0.4, -0.2) is 29.5 Å². The van der Waals surface area contributed by atoms with Crippen LogP contribution in [0, 0.1) is 0 Å². The van der Waals surface area contributed by atoms with Crippen molar-refractivity contribution in [2.24, 2.45) is 0 Å². The summed E-state index contributed by atoms with van der Waals surface area (Å²) in [5, 5.41) is 11.2. The standard InChI is InChI=1S/C24H29ClO4S/c1-4-7-19-22(10-9-18(24(19)28)21(27)5-2)29-12-6-13-30-23-11-8-17(14-20(23)25)16(3)15-26/h8-11,14-16,28H,4-7,12-13H2,1-3H3. The third kappa shape index (κ3) is 6.26. The average Bonchev–Trinajstić information content (AvgIpc) is 2.75. The lowest BCUT2D eigenvalue weighted by Crippen LogP contribution is -2.05. The number of aldehydes is 1. The van der Waals surface area contributed by atoms with E-state index in [-0.39, 0.29) is 17.5 Å². The van der Waals surface area contributed by atoms with E-state index >= 15 is 0 Å². The number of phenols is 1. The van der Waals surface area contributed by atoms with Gasteiger partial charge in [0.1, 0.15) is 17.8 Å². The third-order valence-corrected chi connectivity index (χ3v) is 6.44. The quantitative estimate of drug-likeness (QED) is 0.175. The molecule has 0 spiro atoms. The van der Waals surface area contributed by atoms with Crippen molar-refractivity contribution in [2.45, 2.75) is 57.3 Å². The van der Waals surface area contributed by atoms with Gasteiger partial charge in [-0.2, -0.15) is 0 Å². The first-order valence-electron chi connectivity index (χ1n) is 10.3. The molecule has 0 bridgehead atoms. The molecule has 0 saturated carbocycles. The number of ether oxygens (including phenoxy) is 1. The molecule has 2 aromatic carbocycles. The van der Waals surface area contributed by atoms with Crippen molar-refractivity contribution in [1.82, 2.24) is 0 Å². The second-order valence-electron chi connectivity index (χ2n) is 7.13. The maximum Gasteiger partial charge on any atom is 0.166 e. The summed E-state index contributed by atoms with van der Waals surface area (Å²) in [6, 6.07) is 9.15. The summed E-state index contributed by atoms with van der Waals surface area (Å²) in [6.07, 6.45) is 3.57. The molecule has 0 aliphatic carbocycles. The Morgan fingerprint density at radius 2 is 2.03 bits per heavy atom. The van der Waals surface area contributed by atoms with Gasteiger partial charge in [0.2, 0.25) is 0 Å². The normalized spacial score (nSPS) is 11.9. The zero-order chi connectivity index (χ0) is 22.1. The van der Waals surface area contributed by atoms with Crippen LogP contribution >= 0.6 is 23.4 Å². The van der Waals surface area contributed by atoms with Gasteiger partial charge in [-0.25, -0.2) is 0 Å². The van der Waals surface area contributed by atoms with Gasteiger partial charge in [-0.05, 0) is 42.7 Å². The van der Waals surface area contributed by atoms with Gasteiger partial charge in [-0.15, -0.1) is 11.8 Å². The Balaban J connectivity index is 1.93. The van der Waals surface area contributed by atoms with Crippen molar-refractivity contribution in [1.29, 1.82) is 0 Å². The maximum atomic E-state index is 12.0. The van der Waals surface area contributed by atoms with Gasteiger partial charge in [-0.3, -0.25) is 4.79 Å². The topological polar surface area (TPSA) is 63.6 Å². The summed E-state index contributed by atoms with van der Waals surface area (Å²) in [7, 11) is 0. The van der Waals surface area contributed by atoms with Crippen molar-refractivity contribution < 1.29 is 19.4 Å². The minimum atomic E-state index is -0.164. The Bertz CT molecular complexity index is 882. The van der Waals surface area contributed by atoms with Crippen LogP contribution in [0.25, 0.3) is 0 Å². The van der Waals surface area contributed by atoms with E-state index in [1.165, 1.54) is 0 Å². The highest BCUT2D eigenvalue weighted by molar-refractivity contribution is 7.99. The molecule has 0 heterocycles. The van der Waals surface area contributed by atoms with E-state index in [9.17, 15) is 14.7 Å². The number of rotatable bonds is 12. The number of benzene rings is 2. The number of hydrogen-bond acceptors (Lipinski definition) is 5. The van der Waals surface area contributed by atoms with Gasteiger partial charge in [0.05, 0.1) is 17.2 Å². The molecular weight excluding hydrogens is 420 g/mol. The van der Waals surface area contributed by atoms with E-state index in [2.05, 4.69) is 0 Å². The molecule has 2 aromatic rings. The van der Waals surface area contributed by atoms with Gasteiger partial charge in [0.25, 0.3) is 0 Å². The molecule has 0 aliphatic rings. The first kappa shape index (κ1) is 24.3. The SMILES string of the molecule is CCCc1c(OCCCSc2ccc(C(C)C=O)cc2Cl)ccc(C(=O)CC)c1O. The van der Waals surface area contributed by atoms with E-state index in [0.29, 0.717) is 41.3 Å². The molecule has 0 aliphatic heterocycles. The van der Waals surface area contributed by atoms with Crippen molar-refractivity contribution in [3.8, 4) is 11.5 Å². The molecule has 30 heavy (non-hydrogen) atoms. The lowest BCUT2D eigenvalue weighted by atomic mass is 10.00. The summed E-state index contributed by atoms with van der Waals surface area (Å²) in [6.45, 7) is 6.16. The molecule has 1 unspecified atom stereocenters. The zero-order valence-corrected chi connectivity index (χ0v) is 19.3. The zero-order valence-electron chi connectivity index (χ0n) is 17.7. The largest absolute Gasteiger partial charge is 0.507 e. The number of phenolic OH excluding ortho intramolecular Hbond substituents is 1. The third-order valence-electron chi connectivity index (χ3n) is 4.85. The molecule has 2 rings (SSSR count). The van der Waals surface area contributed by atoms with Crippen LogP contribution < -0.4 is 4.74 Å². The summed E-state index contributed by atoms with van der Waals surface area (Å²) < 4.78 is 5.92. The minimum Gasteiger partial charge on any atom is -0.507 e. The molecule has 1 atom stereocenters. The fraction of sp³-hybridized carbons (Fsp3) is 0.417. The number of aromatic hydroxyl groups is 1. The van der Waals surface area contributed by atoms with Crippen LogP contribution in [0.2, 0.25) is 5.02 Å². The van der Waals surface area contributed by atoms with Crippen LogP contribution in [0.3, 0.4) is 0 Å². The average molecular weight is 449 g/mol. The number of carbonyl (C=O) groups is 2. The molecular formula is C24H29ClO4S. The summed E-state index contributed by atoms with van der Waals surface area (Å²) in [4.78, 5) is 23.9. The molecule has 0 fully saturated rings. The molecule has 0 aromatic heterocycles. The maximum absolute atomic E-state index is 12.0. The predicted octanol–water partition coefficient (Wildman–Crippen LogP) is 6.45. The fourth-order valence-electron chi connectivity index (χ4n) is 3.08. The number of Topliss-reactive ketones (excluding diaryl/α,β-unsaturated/α-hetero) is 1. The number of thioether (sulfide) groups is 1. The molecule has 0 radical (unpaired) electrons. The van der Waals surface area contributed by atoms with Crippen molar-refractivity contribution in [2.75, 3.05) is 12.4 Å². The van der Waals surface area contributed by atoms with E-state index in [1.54, 1.807) is 30.8 Å². The van der Waals surface area contributed by atoms with E-state index < -0.39 is 0 Å². The molecule has 0 amide bonds. The second-order valence-corrected chi connectivity index (χ2v) is 8.67. The van der Waals surface area contributed by atoms with Crippen LogP contribution in [0.1, 0.15) is 67.4 Å². The van der Waals surface area contributed by atoms with Gasteiger partial charge < -0.3 is 14.6 Å². The van der Waals surface area contributed by atoms with E-state index in [0.717, 1.165) is 35.3 Å². The van der Waals surface area contributed by atoms with Crippen molar-refractivity contribution in [3.63, 3.8) is 0 Å². The highest BCUT2D eigenvalue weighted by Crippen LogP contribution is 2.34. The predicted molar refractivity (Wildman–Crippen MR) is 123 cm³/mol. The highest BCUT2D eigenvalue weighted by Gasteiger charge is 2.17. The monoisotopic (exact) mass is 448 g/mol. The smallest absolute Gasteiger partial charge is 0.166 e. The Kier molecular flexibility index (Phi) is 9.73. The minimum absolute atomic E-state index is 0.0481. The van der Waals surface area contributed by atoms with Crippen LogP contribution in [0.5, 0.6) is 11.5 Å². The lowest BCUT2D eigenvalue weighted by Gasteiger charge is -2.15. The van der Waals surface area contributed by atoms with Crippen molar-refractivity contribution in [3.05, 3.63) is 52.0 Å². The first-order chi connectivity index (χ1) is 14.4. The molecule has 1 N–H and O–H groups in total. The summed E-state index contributed by atoms with van der Waals surface area (Å²) >= 11 is 7.98. The fourth-order valence-corrected chi connectivity index (χ4v) is 4.28. The Morgan fingerprint density at radius 1 is 1.27 bits per heavy atom. The summed E-state index contributed by atoms with van der Waals surface area (Å²) in [5.41, 5.74) is 1.98. The molecule has 162 valence electrons. The van der Waals surface area contributed by atoms with Gasteiger partial charge in [0, 0.05) is 28.6 Å². The van der Waals surface area contributed by atoms with Gasteiger partial charge in [0.15, 0.2) is 5.78 Å². The van der Waals surface area contributed by atoms with E-state index in [4.69, 9.17) is 16.3 Å².